The molecule has 0 radical (unpaired) electrons. The minimum atomic E-state index is -3.42. The lowest BCUT2D eigenvalue weighted by atomic mass is 10.2. The van der Waals surface area contributed by atoms with Crippen molar-refractivity contribution in [2.24, 2.45) is 0 Å². The maximum absolute atomic E-state index is 12.5. The van der Waals surface area contributed by atoms with Gasteiger partial charge in [-0.2, -0.15) is 0 Å². The largest absolute Gasteiger partial charge is 0.340 e. The number of sulfone groups is 1. The standard InChI is InChI=1S/C21H30N4O3S/c1-18(2)21-22-9-10-25(21)16-13-23-11-14-24(15-12-23)20(26)8-17-29(27,28)19-6-4-3-5-7-19/h3-7,9-10,18H,8,11-17H2,1-2H3. The van der Waals surface area contributed by atoms with Crippen LogP contribution in [0.1, 0.15) is 32.0 Å². The first-order chi connectivity index (χ1) is 13.9. The molecule has 0 bridgehead atoms. The van der Waals surface area contributed by atoms with E-state index in [4.69, 9.17) is 0 Å². The summed E-state index contributed by atoms with van der Waals surface area (Å²) in [6.07, 6.45) is 3.89. The molecule has 0 unspecified atom stereocenters. The number of hydrogen-bond acceptors (Lipinski definition) is 5. The summed E-state index contributed by atoms with van der Waals surface area (Å²) in [5, 5.41) is 0. The lowest BCUT2D eigenvalue weighted by molar-refractivity contribution is -0.132. The van der Waals surface area contributed by atoms with Crippen LogP contribution < -0.4 is 0 Å². The van der Waals surface area contributed by atoms with Crippen LogP contribution in [0.15, 0.2) is 47.6 Å². The zero-order valence-electron chi connectivity index (χ0n) is 17.2. The Morgan fingerprint density at radius 1 is 1.07 bits per heavy atom. The van der Waals surface area contributed by atoms with E-state index in [2.05, 4.69) is 28.3 Å². The highest BCUT2D eigenvalue weighted by Gasteiger charge is 2.23. The van der Waals surface area contributed by atoms with Crippen molar-refractivity contribution in [3.05, 3.63) is 48.5 Å². The third-order valence-corrected chi connectivity index (χ3v) is 7.07. The Bertz CT molecular complexity index is 901. The van der Waals surface area contributed by atoms with E-state index in [-0.39, 0.29) is 23.0 Å². The summed E-state index contributed by atoms with van der Waals surface area (Å²) in [5.41, 5.74) is 0. The van der Waals surface area contributed by atoms with Crippen molar-refractivity contribution in [2.45, 2.75) is 37.6 Å². The number of aromatic nitrogens is 2. The summed E-state index contributed by atoms with van der Waals surface area (Å²) in [7, 11) is -3.42. The van der Waals surface area contributed by atoms with Crippen LogP contribution in [-0.4, -0.2) is 72.2 Å². The number of nitrogens with zero attached hydrogens (tertiary/aromatic N) is 4. The molecule has 8 heteroatoms. The van der Waals surface area contributed by atoms with Gasteiger partial charge in [0, 0.05) is 64.0 Å². The number of benzene rings is 1. The van der Waals surface area contributed by atoms with Crippen LogP contribution in [0.4, 0.5) is 0 Å². The molecule has 2 aromatic rings. The number of piperazine rings is 1. The molecule has 1 aliphatic rings. The zero-order valence-corrected chi connectivity index (χ0v) is 18.0. The van der Waals surface area contributed by atoms with E-state index in [1.54, 1.807) is 35.2 Å². The first-order valence-corrected chi connectivity index (χ1v) is 11.8. The van der Waals surface area contributed by atoms with Gasteiger partial charge in [-0.3, -0.25) is 9.69 Å². The number of rotatable bonds is 8. The maximum Gasteiger partial charge on any atom is 0.223 e. The van der Waals surface area contributed by atoms with Gasteiger partial charge < -0.3 is 9.47 Å². The molecule has 158 valence electrons. The van der Waals surface area contributed by atoms with Crippen molar-refractivity contribution in [1.29, 1.82) is 0 Å². The molecular weight excluding hydrogens is 388 g/mol. The van der Waals surface area contributed by atoms with Gasteiger partial charge >= 0.3 is 0 Å². The van der Waals surface area contributed by atoms with Gasteiger partial charge in [0.25, 0.3) is 0 Å². The summed E-state index contributed by atoms with van der Waals surface area (Å²) in [5.74, 6) is 1.26. The highest BCUT2D eigenvalue weighted by molar-refractivity contribution is 7.91. The van der Waals surface area contributed by atoms with E-state index in [0.717, 1.165) is 32.0 Å². The molecule has 1 aliphatic heterocycles. The number of hydrogen-bond donors (Lipinski definition) is 0. The van der Waals surface area contributed by atoms with Crippen molar-refractivity contribution in [3.8, 4) is 0 Å². The summed E-state index contributed by atoms with van der Waals surface area (Å²) in [6, 6.07) is 8.32. The molecule has 3 rings (SSSR count). The van der Waals surface area contributed by atoms with Crippen LogP contribution in [0.5, 0.6) is 0 Å². The summed E-state index contributed by atoms with van der Waals surface area (Å²) in [4.78, 5) is 21.3. The average Bonchev–Trinajstić information content (AvgIpc) is 3.21. The van der Waals surface area contributed by atoms with Gasteiger partial charge in [0.1, 0.15) is 5.82 Å². The Morgan fingerprint density at radius 2 is 1.76 bits per heavy atom. The zero-order chi connectivity index (χ0) is 20.9. The van der Waals surface area contributed by atoms with Gasteiger partial charge in [-0.05, 0) is 12.1 Å². The molecule has 0 N–H and O–H groups in total. The molecular formula is C21H30N4O3S. The predicted molar refractivity (Wildman–Crippen MR) is 112 cm³/mol. The fraction of sp³-hybridized carbons (Fsp3) is 0.524. The monoisotopic (exact) mass is 418 g/mol. The molecule has 0 saturated carbocycles. The number of carbonyl (C=O) groups is 1. The molecule has 29 heavy (non-hydrogen) atoms. The number of carbonyl (C=O) groups excluding carboxylic acids is 1. The minimum Gasteiger partial charge on any atom is -0.340 e. The average molecular weight is 419 g/mol. The van der Waals surface area contributed by atoms with Gasteiger partial charge in [-0.1, -0.05) is 32.0 Å². The van der Waals surface area contributed by atoms with Gasteiger partial charge in [0.2, 0.25) is 5.91 Å². The molecule has 1 amide bonds. The van der Waals surface area contributed by atoms with E-state index in [1.807, 2.05) is 12.4 Å². The van der Waals surface area contributed by atoms with Crippen LogP contribution in [0, 0.1) is 0 Å². The molecule has 1 saturated heterocycles. The normalized spacial score (nSPS) is 15.8. The van der Waals surface area contributed by atoms with Crippen LogP contribution in [-0.2, 0) is 21.2 Å². The van der Waals surface area contributed by atoms with Crippen molar-refractivity contribution >= 4 is 15.7 Å². The molecule has 0 spiro atoms. The smallest absolute Gasteiger partial charge is 0.223 e. The Kier molecular flexibility index (Phi) is 7.08. The third kappa shape index (κ3) is 5.67. The van der Waals surface area contributed by atoms with Crippen molar-refractivity contribution in [1.82, 2.24) is 19.4 Å². The molecule has 7 nitrogen and oxygen atoms in total. The highest BCUT2D eigenvalue weighted by atomic mass is 32.2. The van der Waals surface area contributed by atoms with E-state index in [9.17, 15) is 13.2 Å². The quantitative estimate of drug-likeness (QED) is 0.656. The lowest BCUT2D eigenvalue weighted by Gasteiger charge is -2.35. The Hall–Kier alpha value is -2.19. The topological polar surface area (TPSA) is 75.5 Å². The SMILES string of the molecule is CC(C)c1nccn1CCN1CCN(C(=O)CCS(=O)(=O)c2ccccc2)CC1. The van der Waals surface area contributed by atoms with Crippen molar-refractivity contribution in [2.75, 3.05) is 38.5 Å². The Morgan fingerprint density at radius 3 is 2.41 bits per heavy atom. The number of imidazole rings is 1. The van der Waals surface area contributed by atoms with Crippen LogP contribution in [0.25, 0.3) is 0 Å². The molecule has 0 atom stereocenters. The van der Waals surface area contributed by atoms with E-state index in [0.29, 0.717) is 19.0 Å². The van der Waals surface area contributed by atoms with Crippen LogP contribution in [0.2, 0.25) is 0 Å². The summed E-state index contributed by atoms with van der Waals surface area (Å²) >= 11 is 0. The van der Waals surface area contributed by atoms with E-state index in [1.165, 1.54) is 0 Å². The second kappa shape index (κ2) is 9.54. The molecule has 1 aromatic carbocycles. The first-order valence-electron chi connectivity index (χ1n) is 10.2. The van der Waals surface area contributed by atoms with Crippen molar-refractivity contribution < 1.29 is 13.2 Å². The maximum atomic E-state index is 12.5. The highest BCUT2D eigenvalue weighted by Crippen LogP contribution is 2.14. The van der Waals surface area contributed by atoms with E-state index >= 15 is 0 Å². The van der Waals surface area contributed by atoms with E-state index < -0.39 is 9.84 Å². The minimum absolute atomic E-state index is 0.0318. The second-order valence-corrected chi connectivity index (χ2v) is 9.85. The second-order valence-electron chi connectivity index (χ2n) is 7.74. The van der Waals surface area contributed by atoms with Gasteiger partial charge in [-0.15, -0.1) is 0 Å². The van der Waals surface area contributed by atoms with Crippen LogP contribution >= 0.6 is 0 Å². The fourth-order valence-corrected chi connectivity index (χ4v) is 4.86. The Labute approximate surface area is 173 Å². The molecule has 0 aliphatic carbocycles. The molecule has 1 fully saturated rings. The first kappa shape index (κ1) is 21.5. The number of amides is 1. The fourth-order valence-electron chi connectivity index (χ4n) is 3.61. The third-order valence-electron chi connectivity index (χ3n) is 5.33. The van der Waals surface area contributed by atoms with Gasteiger partial charge in [-0.25, -0.2) is 13.4 Å². The van der Waals surface area contributed by atoms with Gasteiger partial charge in [0.05, 0.1) is 10.6 Å². The van der Waals surface area contributed by atoms with Crippen LogP contribution in [0.3, 0.4) is 0 Å². The Balaban J connectivity index is 1.43. The molecule has 1 aromatic heterocycles. The molecule has 2 heterocycles. The van der Waals surface area contributed by atoms with Gasteiger partial charge in [0.15, 0.2) is 9.84 Å². The predicted octanol–water partition coefficient (Wildman–Crippen LogP) is 2.01. The van der Waals surface area contributed by atoms with Crippen molar-refractivity contribution in [3.63, 3.8) is 0 Å². The summed E-state index contributed by atoms with van der Waals surface area (Å²) < 4.78 is 26.9. The lowest BCUT2D eigenvalue weighted by Crippen LogP contribution is -2.49. The summed E-state index contributed by atoms with van der Waals surface area (Å²) in [6.45, 7) is 8.99.